The zero-order valence-corrected chi connectivity index (χ0v) is 12.6. The maximum atomic E-state index is 12.0. The van der Waals surface area contributed by atoms with Gasteiger partial charge in [0.15, 0.2) is 0 Å². The van der Waals surface area contributed by atoms with Gasteiger partial charge in [-0.25, -0.2) is 26.7 Å². The highest BCUT2D eigenvalue weighted by Crippen LogP contribution is 2.08. The van der Waals surface area contributed by atoms with Crippen molar-refractivity contribution in [1.29, 1.82) is 0 Å². The van der Waals surface area contributed by atoms with Gasteiger partial charge in [-0.3, -0.25) is 4.98 Å². The molecule has 0 radical (unpaired) electrons. The molecular weight excluding hydrogens is 318 g/mol. The molecule has 0 aliphatic rings. The zero-order chi connectivity index (χ0) is 15.9. The largest absolute Gasteiger partial charge is 0.384 e. The monoisotopic (exact) mass is 333 g/mol. The van der Waals surface area contributed by atoms with Crippen molar-refractivity contribution < 1.29 is 21.9 Å². The van der Waals surface area contributed by atoms with Crippen LogP contribution in [0.5, 0.6) is 0 Å². The van der Waals surface area contributed by atoms with Gasteiger partial charge in [0.2, 0.25) is 20.0 Å². The van der Waals surface area contributed by atoms with Gasteiger partial charge in [0.05, 0.1) is 5.75 Å². The van der Waals surface area contributed by atoms with Crippen LogP contribution in [0, 0.1) is 11.8 Å². The lowest BCUT2D eigenvalue weighted by atomic mass is 10.3. The molecule has 0 aliphatic heterocycles. The SMILES string of the molecule is NS(=O)(=O)CCCNS(=O)(=O)c1cncc(C#CCO)c1. The molecule has 21 heavy (non-hydrogen) atoms. The molecule has 10 heteroatoms. The Bertz CT molecular complexity index is 748. The molecule has 1 heterocycles. The van der Waals surface area contributed by atoms with Crippen molar-refractivity contribution in [2.24, 2.45) is 5.14 Å². The van der Waals surface area contributed by atoms with E-state index >= 15 is 0 Å². The lowest BCUT2D eigenvalue weighted by Crippen LogP contribution is -2.27. The molecule has 0 saturated heterocycles. The molecule has 1 aromatic rings. The molecule has 8 nitrogen and oxygen atoms in total. The second-order valence-corrected chi connectivity index (χ2v) is 7.49. The van der Waals surface area contributed by atoms with Crippen LogP contribution in [-0.2, 0) is 20.0 Å². The molecule has 1 aromatic heterocycles. The van der Waals surface area contributed by atoms with E-state index in [2.05, 4.69) is 21.5 Å². The fourth-order valence-electron chi connectivity index (χ4n) is 1.34. The molecule has 0 unspecified atom stereocenters. The molecule has 0 fully saturated rings. The van der Waals surface area contributed by atoms with Crippen molar-refractivity contribution in [2.45, 2.75) is 11.3 Å². The summed E-state index contributed by atoms with van der Waals surface area (Å²) in [6, 6.07) is 1.30. The molecule has 0 saturated carbocycles. The topological polar surface area (TPSA) is 139 Å². The number of rotatable bonds is 6. The number of aromatic nitrogens is 1. The molecule has 0 atom stereocenters. The predicted molar refractivity (Wildman–Crippen MR) is 76.0 cm³/mol. The van der Waals surface area contributed by atoms with Gasteiger partial charge in [-0.05, 0) is 12.5 Å². The van der Waals surface area contributed by atoms with E-state index in [0.717, 1.165) is 6.20 Å². The number of sulfonamides is 2. The quantitative estimate of drug-likeness (QED) is 0.422. The first kappa shape index (κ1) is 17.5. The van der Waals surface area contributed by atoms with Crippen molar-refractivity contribution in [3.8, 4) is 11.8 Å². The van der Waals surface area contributed by atoms with E-state index in [0.29, 0.717) is 5.56 Å². The minimum absolute atomic E-state index is 0.0642. The minimum atomic E-state index is -3.80. The number of pyridine rings is 1. The highest BCUT2D eigenvalue weighted by molar-refractivity contribution is 7.89. The first-order chi connectivity index (χ1) is 9.74. The normalized spacial score (nSPS) is 11.7. The Morgan fingerprint density at radius 3 is 2.62 bits per heavy atom. The summed E-state index contributed by atoms with van der Waals surface area (Å²) in [7, 11) is -7.42. The highest BCUT2D eigenvalue weighted by atomic mass is 32.2. The number of nitrogens with one attached hydrogen (secondary N) is 1. The number of nitrogens with two attached hydrogens (primary N) is 1. The van der Waals surface area contributed by atoms with Gasteiger partial charge in [-0.15, -0.1) is 0 Å². The Morgan fingerprint density at radius 1 is 1.29 bits per heavy atom. The predicted octanol–water partition coefficient (Wildman–Crippen LogP) is -1.62. The first-order valence-corrected chi connectivity index (χ1v) is 8.99. The number of hydrogen-bond donors (Lipinski definition) is 3. The molecule has 0 amide bonds. The first-order valence-electron chi connectivity index (χ1n) is 5.79. The van der Waals surface area contributed by atoms with Gasteiger partial charge in [-0.1, -0.05) is 11.8 Å². The molecule has 1 rings (SSSR count). The van der Waals surface area contributed by atoms with Gasteiger partial charge in [0.1, 0.15) is 11.5 Å². The summed E-state index contributed by atoms with van der Waals surface area (Å²) in [6.07, 6.45) is 2.57. The smallest absolute Gasteiger partial charge is 0.242 e. The molecule has 0 bridgehead atoms. The molecule has 0 spiro atoms. The van der Waals surface area contributed by atoms with Crippen LogP contribution >= 0.6 is 0 Å². The molecule has 0 aromatic carbocycles. The van der Waals surface area contributed by atoms with Crippen molar-refractivity contribution in [1.82, 2.24) is 9.71 Å². The van der Waals surface area contributed by atoms with Crippen molar-refractivity contribution >= 4 is 20.0 Å². The van der Waals surface area contributed by atoms with Crippen LogP contribution < -0.4 is 9.86 Å². The van der Waals surface area contributed by atoms with Crippen LogP contribution in [0.25, 0.3) is 0 Å². The van der Waals surface area contributed by atoms with Gasteiger partial charge in [-0.2, -0.15) is 0 Å². The lowest BCUT2D eigenvalue weighted by molar-refractivity contribution is 0.350. The fraction of sp³-hybridized carbons (Fsp3) is 0.364. The van der Waals surface area contributed by atoms with E-state index in [4.69, 9.17) is 10.2 Å². The van der Waals surface area contributed by atoms with Crippen LogP contribution in [0.4, 0.5) is 0 Å². The number of hydrogen-bond acceptors (Lipinski definition) is 6. The van der Waals surface area contributed by atoms with Gasteiger partial charge in [0, 0.05) is 24.5 Å². The summed E-state index contributed by atoms with van der Waals surface area (Å²) in [4.78, 5) is 3.66. The third-order valence-corrected chi connectivity index (χ3v) is 4.52. The Labute approximate surface area is 123 Å². The average Bonchev–Trinajstić information content (AvgIpc) is 2.41. The summed E-state index contributed by atoms with van der Waals surface area (Å²) >= 11 is 0. The summed E-state index contributed by atoms with van der Waals surface area (Å²) in [6.45, 7) is -0.409. The van der Waals surface area contributed by atoms with E-state index in [-0.39, 0.29) is 30.2 Å². The van der Waals surface area contributed by atoms with E-state index < -0.39 is 20.0 Å². The van der Waals surface area contributed by atoms with Crippen LogP contribution in [0.2, 0.25) is 0 Å². The van der Waals surface area contributed by atoms with Gasteiger partial charge >= 0.3 is 0 Å². The summed E-state index contributed by atoms with van der Waals surface area (Å²) in [5.41, 5.74) is 0.344. The maximum Gasteiger partial charge on any atom is 0.242 e. The van der Waals surface area contributed by atoms with E-state index in [1.165, 1.54) is 12.3 Å². The maximum absolute atomic E-state index is 12.0. The van der Waals surface area contributed by atoms with Gasteiger partial charge in [0.25, 0.3) is 0 Å². The van der Waals surface area contributed by atoms with E-state index in [1.807, 2.05) is 0 Å². The Balaban J connectivity index is 2.74. The number of aliphatic hydroxyl groups excluding tert-OH is 1. The van der Waals surface area contributed by atoms with Crippen LogP contribution in [0.1, 0.15) is 12.0 Å². The summed E-state index contributed by atoms with van der Waals surface area (Å²) < 4.78 is 47.6. The second kappa shape index (κ2) is 7.48. The number of aliphatic hydroxyl groups is 1. The second-order valence-electron chi connectivity index (χ2n) is 3.99. The van der Waals surface area contributed by atoms with Crippen LogP contribution in [0.3, 0.4) is 0 Å². The van der Waals surface area contributed by atoms with Crippen LogP contribution in [-0.4, -0.2) is 45.8 Å². The number of nitrogens with zero attached hydrogens (tertiary/aromatic N) is 1. The highest BCUT2D eigenvalue weighted by Gasteiger charge is 2.14. The zero-order valence-electron chi connectivity index (χ0n) is 11.0. The number of primary sulfonamides is 1. The standard InChI is InChI=1S/C11H15N3O5S2/c12-20(16,17)6-2-4-14-21(18,19)11-7-10(3-1-5-15)8-13-9-11/h7-9,14-15H,2,4-6H2,(H2,12,16,17). The Kier molecular flexibility index (Phi) is 6.25. The lowest BCUT2D eigenvalue weighted by Gasteiger charge is -2.06. The van der Waals surface area contributed by atoms with Crippen LogP contribution in [0.15, 0.2) is 23.4 Å². The van der Waals surface area contributed by atoms with Gasteiger partial charge < -0.3 is 5.11 Å². The Morgan fingerprint density at radius 2 is 2.00 bits per heavy atom. The van der Waals surface area contributed by atoms with E-state index in [1.54, 1.807) is 0 Å². The molecule has 0 aliphatic carbocycles. The minimum Gasteiger partial charge on any atom is -0.384 e. The third-order valence-electron chi connectivity index (χ3n) is 2.23. The van der Waals surface area contributed by atoms with E-state index in [9.17, 15) is 16.8 Å². The molecular formula is C11H15N3O5S2. The summed E-state index contributed by atoms with van der Waals surface area (Å²) in [5, 5.41) is 13.4. The van der Waals surface area contributed by atoms with Crippen molar-refractivity contribution in [3.63, 3.8) is 0 Å². The fourth-order valence-corrected chi connectivity index (χ4v) is 2.95. The molecule has 4 N–H and O–H groups in total. The summed E-state index contributed by atoms with van der Waals surface area (Å²) in [5.74, 6) is 4.62. The third kappa shape index (κ3) is 6.65. The van der Waals surface area contributed by atoms with Crippen molar-refractivity contribution in [2.75, 3.05) is 18.9 Å². The molecule has 116 valence electrons. The van der Waals surface area contributed by atoms with Crippen molar-refractivity contribution in [3.05, 3.63) is 24.0 Å². The average molecular weight is 333 g/mol. The Hall–Kier alpha value is -1.51.